The number of nitrogens with zero attached hydrogens (tertiary/aromatic N) is 1. The second kappa shape index (κ2) is 7.27. The quantitative estimate of drug-likeness (QED) is 0.773. The van der Waals surface area contributed by atoms with Crippen molar-refractivity contribution >= 4 is 11.6 Å². The van der Waals surface area contributed by atoms with E-state index in [-0.39, 0.29) is 23.7 Å². The zero-order valence-electron chi connectivity index (χ0n) is 13.4. The number of nitrogens with two attached hydrogens (primary N) is 1. The summed E-state index contributed by atoms with van der Waals surface area (Å²) in [7, 11) is 0. The second-order valence-corrected chi connectivity index (χ2v) is 6.51. The van der Waals surface area contributed by atoms with E-state index in [0.29, 0.717) is 12.2 Å². The number of amides is 1. The van der Waals surface area contributed by atoms with Crippen LogP contribution < -0.4 is 21.3 Å². The molecule has 2 aliphatic rings. The molecule has 1 saturated carbocycles. The van der Waals surface area contributed by atoms with Crippen LogP contribution in [0, 0.1) is 11.7 Å². The molecule has 5 nitrogen and oxygen atoms in total. The van der Waals surface area contributed by atoms with Crippen molar-refractivity contribution in [2.45, 2.75) is 31.8 Å². The summed E-state index contributed by atoms with van der Waals surface area (Å²) >= 11 is 0. The largest absolute Gasteiger partial charge is 0.367 e. The molecule has 1 aromatic carbocycles. The zero-order valence-corrected chi connectivity index (χ0v) is 13.4. The summed E-state index contributed by atoms with van der Waals surface area (Å²) in [6, 6.07) is 5.37. The summed E-state index contributed by atoms with van der Waals surface area (Å²) in [6.07, 6.45) is 2.51. The zero-order chi connectivity index (χ0) is 16.2. The van der Waals surface area contributed by atoms with Crippen molar-refractivity contribution in [2.75, 3.05) is 31.1 Å². The second-order valence-electron chi connectivity index (χ2n) is 6.51. The van der Waals surface area contributed by atoms with Crippen molar-refractivity contribution in [1.82, 2.24) is 10.6 Å². The molecule has 1 amide bonds. The molecule has 1 aliphatic carbocycles. The number of halogens is 1. The van der Waals surface area contributed by atoms with E-state index in [0.717, 1.165) is 51.0 Å². The van der Waals surface area contributed by atoms with Gasteiger partial charge in [0.05, 0.1) is 5.69 Å². The van der Waals surface area contributed by atoms with Crippen molar-refractivity contribution < 1.29 is 9.18 Å². The molecular formula is C17H25FN4O. The molecule has 126 valence electrons. The number of hydrogen-bond donors (Lipinski definition) is 3. The van der Waals surface area contributed by atoms with Crippen LogP contribution >= 0.6 is 0 Å². The van der Waals surface area contributed by atoms with Gasteiger partial charge in [0.2, 0.25) is 5.91 Å². The fourth-order valence-electron chi connectivity index (χ4n) is 3.41. The molecule has 4 N–H and O–H groups in total. The summed E-state index contributed by atoms with van der Waals surface area (Å²) in [5, 5.41) is 6.16. The fraction of sp³-hybridized carbons (Fsp3) is 0.588. The van der Waals surface area contributed by atoms with E-state index in [1.165, 1.54) is 6.07 Å². The van der Waals surface area contributed by atoms with Crippen LogP contribution in [0.25, 0.3) is 0 Å². The van der Waals surface area contributed by atoms with E-state index < -0.39 is 0 Å². The highest BCUT2D eigenvalue weighted by Crippen LogP contribution is 2.24. The lowest BCUT2D eigenvalue weighted by Gasteiger charge is -2.29. The molecule has 6 heteroatoms. The maximum atomic E-state index is 14.3. The van der Waals surface area contributed by atoms with E-state index in [9.17, 15) is 9.18 Å². The molecule has 0 bridgehead atoms. The minimum Gasteiger partial charge on any atom is -0.367 e. The van der Waals surface area contributed by atoms with Gasteiger partial charge < -0.3 is 21.3 Å². The van der Waals surface area contributed by atoms with Crippen LogP contribution in [0.3, 0.4) is 0 Å². The first-order valence-electron chi connectivity index (χ1n) is 8.41. The SMILES string of the molecule is N[C@H]1CC[C@H](C(=O)NCc2ccc(N3CCNCC3)c(F)c2)C1. The van der Waals surface area contributed by atoms with Crippen molar-refractivity contribution in [1.29, 1.82) is 0 Å². The number of carbonyl (C=O) groups excluding carboxylic acids is 1. The highest BCUT2D eigenvalue weighted by Gasteiger charge is 2.27. The Morgan fingerprint density at radius 1 is 1.35 bits per heavy atom. The Hall–Kier alpha value is -1.66. The first-order chi connectivity index (χ1) is 11.1. The molecule has 1 aromatic rings. The van der Waals surface area contributed by atoms with Crippen LogP contribution in [0.1, 0.15) is 24.8 Å². The Balaban J connectivity index is 1.56. The molecule has 1 saturated heterocycles. The number of nitrogens with one attached hydrogen (secondary N) is 2. The van der Waals surface area contributed by atoms with E-state index in [4.69, 9.17) is 5.73 Å². The summed E-state index contributed by atoms with van der Waals surface area (Å²) in [4.78, 5) is 14.1. The summed E-state index contributed by atoms with van der Waals surface area (Å²) < 4.78 is 14.3. The molecule has 1 aliphatic heterocycles. The lowest BCUT2D eigenvalue weighted by atomic mass is 10.1. The van der Waals surface area contributed by atoms with Crippen LogP contribution in [0.15, 0.2) is 18.2 Å². The number of benzene rings is 1. The summed E-state index contributed by atoms with van der Waals surface area (Å²) in [6.45, 7) is 3.74. The molecule has 2 fully saturated rings. The van der Waals surface area contributed by atoms with Gasteiger partial charge in [0.25, 0.3) is 0 Å². The van der Waals surface area contributed by atoms with Gasteiger partial charge in [-0.15, -0.1) is 0 Å². The van der Waals surface area contributed by atoms with Gasteiger partial charge in [-0.1, -0.05) is 6.07 Å². The average Bonchev–Trinajstić information content (AvgIpc) is 3.00. The van der Waals surface area contributed by atoms with Gasteiger partial charge in [-0.3, -0.25) is 4.79 Å². The van der Waals surface area contributed by atoms with Crippen LogP contribution in [0.5, 0.6) is 0 Å². The smallest absolute Gasteiger partial charge is 0.223 e. The Bertz CT molecular complexity index is 560. The van der Waals surface area contributed by atoms with Gasteiger partial charge in [0.1, 0.15) is 5.82 Å². The first-order valence-corrected chi connectivity index (χ1v) is 8.41. The van der Waals surface area contributed by atoms with Gasteiger partial charge >= 0.3 is 0 Å². The van der Waals surface area contributed by atoms with Crippen LogP contribution in [-0.2, 0) is 11.3 Å². The Morgan fingerprint density at radius 2 is 2.13 bits per heavy atom. The third kappa shape index (κ3) is 4.00. The van der Waals surface area contributed by atoms with E-state index in [1.54, 1.807) is 0 Å². The Labute approximate surface area is 136 Å². The van der Waals surface area contributed by atoms with Gasteiger partial charge in [0, 0.05) is 44.7 Å². The van der Waals surface area contributed by atoms with Crippen molar-refractivity contribution in [3.8, 4) is 0 Å². The minimum absolute atomic E-state index is 0.00923. The van der Waals surface area contributed by atoms with E-state index >= 15 is 0 Å². The van der Waals surface area contributed by atoms with Gasteiger partial charge in [-0.25, -0.2) is 4.39 Å². The molecule has 23 heavy (non-hydrogen) atoms. The predicted molar refractivity (Wildman–Crippen MR) is 88.6 cm³/mol. The maximum Gasteiger partial charge on any atom is 0.223 e. The highest BCUT2D eigenvalue weighted by atomic mass is 19.1. The average molecular weight is 320 g/mol. The molecule has 2 atom stereocenters. The number of piperazine rings is 1. The monoisotopic (exact) mass is 320 g/mol. The molecule has 0 aromatic heterocycles. The van der Waals surface area contributed by atoms with Gasteiger partial charge in [0.15, 0.2) is 0 Å². The normalized spacial score (nSPS) is 24.7. The maximum absolute atomic E-state index is 14.3. The number of hydrogen-bond acceptors (Lipinski definition) is 4. The lowest BCUT2D eigenvalue weighted by Crippen LogP contribution is -2.43. The molecular weight excluding hydrogens is 295 g/mol. The highest BCUT2D eigenvalue weighted by molar-refractivity contribution is 5.79. The topological polar surface area (TPSA) is 70.4 Å². The summed E-state index contributed by atoms with van der Waals surface area (Å²) in [5.41, 5.74) is 7.27. The molecule has 0 spiro atoms. The third-order valence-electron chi connectivity index (χ3n) is 4.78. The van der Waals surface area contributed by atoms with Crippen LogP contribution in [0.2, 0.25) is 0 Å². The van der Waals surface area contributed by atoms with Crippen molar-refractivity contribution in [3.63, 3.8) is 0 Å². The first kappa shape index (κ1) is 16.2. The minimum atomic E-state index is -0.221. The third-order valence-corrected chi connectivity index (χ3v) is 4.78. The number of anilines is 1. The van der Waals surface area contributed by atoms with Crippen molar-refractivity contribution in [3.05, 3.63) is 29.6 Å². The Morgan fingerprint density at radius 3 is 2.78 bits per heavy atom. The fourth-order valence-corrected chi connectivity index (χ4v) is 3.41. The lowest BCUT2D eigenvalue weighted by molar-refractivity contribution is -0.125. The van der Waals surface area contributed by atoms with Gasteiger partial charge in [-0.2, -0.15) is 0 Å². The predicted octanol–water partition coefficient (Wildman–Crippen LogP) is 0.979. The Kier molecular flexibility index (Phi) is 5.13. The van der Waals surface area contributed by atoms with Gasteiger partial charge in [-0.05, 0) is 37.0 Å². The summed E-state index contributed by atoms with van der Waals surface area (Å²) in [5.74, 6) is -0.180. The number of rotatable bonds is 4. The van der Waals surface area contributed by atoms with Crippen LogP contribution in [-0.4, -0.2) is 38.1 Å². The van der Waals surface area contributed by atoms with Crippen molar-refractivity contribution in [2.24, 2.45) is 11.7 Å². The number of carbonyl (C=O) groups is 1. The molecule has 0 radical (unpaired) electrons. The van der Waals surface area contributed by atoms with Crippen LogP contribution in [0.4, 0.5) is 10.1 Å². The van der Waals surface area contributed by atoms with E-state index in [1.807, 2.05) is 17.0 Å². The molecule has 3 rings (SSSR count). The standard InChI is InChI=1S/C17H25FN4O/c18-15-9-12(1-4-16(15)22-7-5-20-6-8-22)11-21-17(23)13-2-3-14(19)10-13/h1,4,9,13-14,20H,2-3,5-8,10-11,19H2,(H,21,23)/t13-,14-/m0/s1. The molecule has 1 heterocycles. The molecule has 0 unspecified atom stereocenters. The van der Waals surface area contributed by atoms with E-state index in [2.05, 4.69) is 10.6 Å².